The first-order chi connectivity index (χ1) is 10.9. The van der Waals surface area contributed by atoms with E-state index in [1.165, 1.54) is 42.4 Å². The van der Waals surface area contributed by atoms with Gasteiger partial charge in [-0.1, -0.05) is 13.0 Å². The van der Waals surface area contributed by atoms with Crippen LogP contribution < -0.4 is 4.90 Å². The zero-order valence-electron chi connectivity index (χ0n) is 12.2. The molecule has 0 aliphatic heterocycles. The minimum Gasteiger partial charge on any atom is -0.283 e. The van der Waals surface area contributed by atoms with Crippen LogP contribution in [0.5, 0.6) is 0 Å². The zero-order chi connectivity index (χ0) is 16.9. The largest absolute Gasteiger partial charge is 0.406 e. The van der Waals surface area contributed by atoms with Gasteiger partial charge in [-0.15, -0.1) is 11.8 Å². The predicted octanol–water partition coefficient (Wildman–Crippen LogP) is 3.80. The predicted molar refractivity (Wildman–Crippen MR) is 82.6 cm³/mol. The summed E-state index contributed by atoms with van der Waals surface area (Å²) >= 11 is 1.48. The van der Waals surface area contributed by atoms with Crippen molar-refractivity contribution in [3.63, 3.8) is 0 Å². The molecule has 2 rings (SSSR count). The van der Waals surface area contributed by atoms with Gasteiger partial charge in [0.05, 0.1) is 10.6 Å². The monoisotopic (exact) mass is 341 g/mol. The minimum atomic E-state index is -4.53. The number of hydrogen-bond donors (Lipinski definition) is 0. The van der Waals surface area contributed by atoms with Crippen molar-refractivity contribution in [3.8, 4) is 0 Å². The smallest absolute Gasteiger partial charge is 0.283 e. The van der Waals surface area contributed by atoms with Crippen LogP contribution >= 0.6 is 11.8 Å². The van der Waals surface area contributed by atoms with Crippen LogP contribution in [0.15, 0.2) is 47.8 Å². The summed E-state index contributed by atoms with van der Waals surface area (Å²) < 4.78 is 38.4. The van der Waals surface area contributed by atoms with Crippen LogP contribution in [0.3, 0.4) is 0 Å². The van der Waals surface area contributed by atoms with Gasteiger partial charge >= 0.3 is 6.18 Å². The molecule has 0 saturated heterocycles. The van der Waals surface area contributed by atoms with Gasteiger partial charge in [-0.2, -0.15) is 13.2 Å². The van der Waals surface area contributed by atoms with Crippen molar-refractivity contribution in [1.82, 2.24) is 9.97 Å². The highest BCUT2D eigenvalue weighted by molar-refractivity contribution is 7.99. The number of rotatable bonds is 5. The summed E-state index contributed by atoms with van der Waals surface area (Å²) in [5.74, 6) is -0.0302. The van der Waals surface area contributed by atoms with Gasteiger partial charge in [-0.3, -0.25) is 9.69 Å². The lowest BCUT2D eigenvalue weighted by Gasteiger charge is -2.23. The second-order valence-electron chi connectivity index (χ2n) is 4.51. The summed E-state index contributed by atoms with van der Waals surface area (Å²) in [6.45, 7) is 0.547. The molecule has 2 aromatic rings. The number of pyridine rings is 2. The van der Waals surface area contributed by atoms with Gasteiger partial charge in [0.15, 0.2) is 0 Å². The molecule has 0 unspecified atom stereocenters. The van der Waals surface area contributed by atoms with Gasteiger partial charge in [-0.05, 0) is 30.0 Å². The molecule has 122 valence electrons. The molecule has 23 heavy (non-hydrogen) atoms. The number of thioether (sulfide) groups is 1. The van der Waals surface area contributed by atoms with Gasteiger partial charge in [0.2, 0.25) is 0 Å². The fraction of sp³-hybridized carbons (Fsp3) is 0.267. The Morgan fingerprint density at radius 1 is 1.22 bits per heavy atom. The van der Waals surface area contributed by atoms with E-state index in [0.717, 1.165) is 5.75 Å². The van der Waals surface area contributed by atoms with E-state index in [4.69, 9.17) is 0 Å². The van der Waals surface area contributed by atoms with Crippen LogP contribution in [-0.4, -0.2) is 34.3 Å². The Hall–Kier alpha value is -2.09. The summed E-state index contributed by atoms with van der Waals surface area (Å²) in [4.78, 5) is 20.9. The summed E-state index contributed by atoms with van der Waals surface area (Å²) in [5.41, 5.74) is 0.0837. The average Bonchev–Trinajstić information content (AvgIpc) is 2.53. The van der Waals surface area contributed by atoms with Crippen LogP contribution in [0.1, 0.15) is 17.3 Å². The van der Waals surface area contributed by atoms with Crippen LogP contribution in [0.4, 0.5) is 19.0 Å². The number of carbonyl (C=O) groups excluding carboxylic acids is 1. The molecule has 0 saturated carbocycles. The quantitative estimate of drug-likeness (QED) is 0.776. The van der Waals surface area contributed by atoms with Crippen molar-refractivity contribution < 1.29 is 18.0 Å². The number of amides is 1. The number of hydrogen-bond acceptors (Lipinski definition) is 4. The number of nitrogens with zero attached hydrogens (tertiary/aromatic N) is 3. The molecule has 4 nitrogen and oxygen atoms in total. The zero-order valence-corrected chi connectivity index (χ0v) is 13.1. The molecule has 2 heterocycles. The number of aromatic nitrogens is 2. The maximum Gasteiger partial charge on any atom is 0.406 e. The number of anilines is 1. The molecule has 0 radical (unpaired) electrons. The summed E-state index contributed by atoms with van der Waals surface area (Å²) in [7, 11) is 0. The highest BCUT2D eigenvalue weighted by Crippen LogP contribution is 2.23. The third-order valence-electron chi connectivity index (χ3n) is 2.78. The molecule has 0 aromatic carbocycles. The van der Waals surface area contributed by atoms with E-state index in [1.54, 1.807) is 12.1 Å². The Kier molecular flexibility index (Phi) is 5.59. The minimum absolute atomic E-state index is 0.0539. The molecular weight excluding hydrogens is 327 g/mol. The van der Waals surface area contributed by atoms with Gasteiger partial charge in [-0.25, -0.2) is 9.97 Å². The maximum absolute atomic E-state index is 12.8. The van der Waals surface area contributed by atoms with Gasteiger partial charge in [0, 0.05) is 12.4 Å². The lowest BCUT2D eigenvalue weighted by atomic mass is 10.2. The number of carbonyl (C=O) groups is 1. The van der Waals surface area contributed by atoms with Gasteiger partial charge in [0.1, 0.15) is 12.4 Å². The van der Waals surface area contributed by atoms with E-state index in [-0.39, 0.29) is 11.4 Å². The molecule has 0 fully saturated rings. The van der Waals surface area contributed by atoms with Crippen molar-refractivity contribution >= 4 is 23.5 Å². The first kappa shape index (κ1) is 17.3. The fourth-order valence-corrected chi connectivity index (χ4v) is 2.43. The molecule has 0 bridgehead atoms. The van der Waals surface area contributed by atoms with Gasteiger partial charge in [0.25, 0.3) is 5.91 Å². The second kappa shape index (κ2) is 7.45. The average molecular weight is 341 g/mol. The van der Waals surface area contributed by atoms with Crippen molar-refractivity contribution in [2.24, 2.45) is 0 Å². The molecule has 0 spiro atoms. The van der Waals surface area contributed by atoms with Crippen LogP contribution in [-0.2, 0) is 0 Å². The third kappa shape index (κ3) is 4.95. The Bertz CT molecular complexity index is 647. The van der Waals surface area contributed by atoms with Gasteiger partial charge < -0.3 is 0 Å². The van der Waals surface area contributed by atoms with E-state index < -0.39 is 18.6 Å². The van der Waals surface area contributed by atoms with Crippen molar-refractivity contribution in [3.05, 3.63) is 48.3 Å². The molecule has 0 aliphatic rings. The van der Waals surface area contributed by atoms with Crippen LogP contribution in [0.2, 0.25) is 0 Å². The standard InChI is InChI=1S/C15H14F3N3OS/c1-2-23-13-7-6-11(9-20-13)14(22)21(10-15(16,17)18)12-5-3-4-8-19-12/h3-9H,2,10H2,1H3. The van der Waals surface area contributed by atoms with Crippen molar-refractivity contribution in [2.75, 3.05) is 17.2 Å². The molecule has 1 amide bonds. The van der Waals surface area contributed by atoms with Crippen LogP contribution in [0, 0.1) is 0 Å². The summed E-state index contributed by atoms with van der Waals surface area (Å²) in [5, 5.41) is 0.712. The summed E-state index contributed by atoms with van der Waals surface area (Å²) in [6.07, 6.45) is -1.91. The second-order valence-corrected chi connectivity index (χ2v) is 5.80. The van der Waals surface area contributed by atoms with E-state index in [0.29, 0.717) is 9.93 Å². The number of alkyl halides is 3. The molecular formula is C15H14F3N3OS. The highest BCUT2D eigenvalue weighted by atomic mass is 32.2. The van der Waals surface area contributed by atoms with E-state index >= 15 is 0 Å². The maximum atomic E-state index is 12.8. The highest BCUT2D eigenvalue weighted by Gasteiger charge is 2.34. The molecule has 2 aromatic heterocycles. The Morgan fingerprint density at radius 3 is 2.52 bits per heavy atom. The SMILES string of the molecule is CCSc1ccc(C(=O)N(CC(F)(F)F)c2ccccn2)cn1. The van der Waals surface area contributed by atoms with Crippen LogP contribution in [0.25, 0.3) is 0 Å². The van der Waals surface area contributed by atoms with E-state index in [1.807, 2.05) is 6.92 Å². The Labute approximate surface area is 135 Å². The fourth-order valence-electron chi connectivity index (χ4n) is 1.85. The third-order valence-corrected chi connectivity index (χ3v) is 3.61. The van der Waals surface area contributed by atoms with Crippen molar-refractivity contribution in [1.29, 1.82) is 0 Å². The molecule has 8 heteroatoms. The number of halogens is 3. The molecule has 0 aliphatic carbocycles. The molecule has 0 atom stereocenters. The lowest BCUT2D eigenvalue weighted by Crippen LogP contribution is -2.39. The molecule has 0 N–H and O–H groups in total. The lowest BCUT2D eigenvalue weighted by molar-refractivity contribution is -0.118. The first-order valence-corrected chi connectivity index (χ1v) is 7.78. The first-order valence-electron chi connectivity index (χ1n) is 6.79. The topological polar surface area (TPSA) is 46.1 Å². The van der Waals surface area contributed by atoms with E-state index in [9.17, 15) is 18.0 Å². The Balaban J connectivity index is 2.29. The summed E-state index contributed by atoms with van der Waals surface area (Å²) in [6, 6.07) is 7.54. The Morgan fingerprint density at radius 2 is 2.00 bits per heavy atom. The van der Waals surface area contributed by atoms with E-state index in [2.05, 4.69) is 9.97 Å². The normalized spacial score (nSPS) is 11.3. The van der Waals surface area contributed by atoms with Crippen molar-refractivity contribution in [2.45, 2.75) is 18.1 Å².